The van der Waals surface area contributed by atoms with E-state index in [4.69, 9.17) is 4.74 Å². The molecule has 3 aromatic rings. The molecule has 7 nitrogen and oxygen atoms in total. The minimum atomic E-state index is -2.71. The van der Waals surface area contributed by atoms with E-state index in [1.165, 1.54) is 0 Å². The van der Waals surface area contributed by atoms with Crippen molar-refractivity contribution >= 4 is 11.0 Å². The van der Waals surface area contributed by atoms with E-state index in [0.29, 0.717) is 29.2 Å². The SMILES string of the molecule is Cn1cc(-c2cc3nccnc3c(OCC3CNCC(F)(F)C3)n2)cn1. The summed E-state index contributed by atoms with van der Waals surface area (Å²) in [6.45, 7) is 0.339. The molecular formula is C17H18F2N6O. The molecule has 1 atom stereocenters. The van der Waals surface area contributed by atoms with Gasteiger partial charge in [-0.2, -0.15) is 5.10 Å². The van der Waals surface area contributed by atoms with Gasteiger partial charge in [-0.15, -0.1) is 0 Å². The molecule has 1 unspecified atom stereocenters. The van der Waals surface area contributed by atoms with Gasteiger partial charge in [0.1, 0.15) is 0 Å². The second-order valence-electron chi connectivity index (χ2n) is 6.51. The molecule has 4 heterocycles. The lowest BCUT2D eigenvalue weighted by molar-refractivity contribution is -0.0457. The maximum absolute atomic E-state index is 13.6. The molecule has 4 rings (SSSR count). The van der Waals surface area contributed by atoms with Crippen molar-refractivity contribution in [1.82, 2.24) is 30.0 Å². The number of aryl methyl sites for hydroxylation is 1. The molecule has 9 heteroatoms. The lowest BCUT2D eigenvalue weighted by Crippen LogP contribution is -2.45. The first-order chi connectivity index (χ1) is 12.5. The van der Waals surface area contributed by atoms with Crippen LogP contribution in [0, 0.1) is 5.92 Å². The molecule has 0 aliphatic carbocycles. The molecule has 1 fully saturated rings. The van der Waals surface area contributed by atoms with Crippen molar-refractivity contribution in [3.8, 4) is 17.1 Å². The molecule has 0 amide bonds. The summed E-state index contributed by atoms with van der Waals surface area (Å²) >= 11 is 0. The number of alkyl halides is 2. The first kappa shape index (κ1) is 16.8. The van der Waals surface area contributed by atoms with Gasteiger partial charge < -0.3 is 10.1 Å². The molecule has 1 saturated heterocycles. The minimum absolute atomic E-state index is 0.137. The monoisotopic (exact) mass is 360 g/mol. The Morgan fingerprint density at radius 3 is 2.96 bits per heavy atom. The topological polar surface area (TPSA) is 77.8 Å². The predicted molar refractivity (Wildman–Crippen MR) is 91.0 cm³/mol. The van der Waals surface area contributed by atoms with Gasteiger partial charge in [-0.1, -0.05) is 0 Å². The molecule has 136 valence electrons. The number of aromatic nitrogens is 5. The minimum Gasteiger partial charge on any atom is -0.476 e. The molecule has 0 spiro atoms. The van der Waals surface area contributed by atoms with Gasteiger partial charge in [0.05, 0.1) is 30.6 Å². The van der Waals surface area contributed by atoms with Gasteiger partial charge in [0.2, 0.25) is 5.88 Å². The van der Waals surface area contributed by atoms with Crippen LogP contribution in [0.4, 0.5) is 8.78 Å². The van der Waals surface area contributed by atoms with E-state index in [1.54, 1.807) is 23.3 Å². The number of nitrogens with zero attached hydrogens (tertiary/aromatic N) is 5. The highest BCUT2D eigenvalue weighted by atomic mass is 19.3. The molecule has 0 saturated carbocycles. The Morgan fingerprint density at radius 2 is 2.19 bits per heavy atom. The zero-order valence-electron chi connectivity index (χ0n) is 14.2. The Hall–Kier alpha value is -2.68. The number of halogens is 2. The quantitative estimate of drug-likeness (QED) is 0.767. The van der Waals surface area contributed by atoms with Crippen molar-refractivity contribution in [3.05, 3.63) is 30.9 Å². The number of nitrogens with one attached hydrogen (secondary N) is 1. The molecule has 1 aliphatic rings. The zero-order chi connectivity index (χ0) is 18.1. The van der Waals surface area contributed by atoms with Crippen LogP contribution in [0.15, 0.2) is 30.9 Å². The van der Waals surface area contributed by atoms with Crippen LogP contribution < -0.4 is 10.1 Å². The van der Waals surface area contributed by atoms with E-state index in [2.05, 4.69) is 25.4 Å². The number of ether oxygens (including phenoxy) is 1. The number of rotatable bonds is 4. The highest BCUT2D eigenvalue weighted by Crippen LogP contribution is 2.29. The van der Waals surface area contributed by atoms with Crippen LogP contribution in [0.1, 0.15) is 6.42 Å². The lowest BCUT2D eigenvalue weighted by Gasteiger charge is -2.29. The van der Waals surface area contributed by atoms with Crippen LogP contribution in [0.25, 0.3) is 22.3 Å². The normalized spacial score (nSPS) is 19.6. The number of piperidine rings is 1. The Labute approximate surface area is 148 Å². The molecule has 26 heavy (non-hydrogen) atoms. The van der Waals surface area contributed by atoms with E-state index in [1.807, 2.05) is 19.3 Å². The van der Waals surface area contributed by atoms with Crippen molar-refractivity contribution in [2.24, 2.45) is 13.0 Å². The molecule has 0 aromatic carbocycles. The van der Waals surface area contributed by atoms with Crippen LogP contribution in [0.3, 0.4) is 0 Å². The van der Waals surface area contributed by atoms with E-state index in [0.717, 1.165) is 5.56 Å². The predicted octanol–water partition coefficient (Wildman–Crippen LogP) is 2.05. The second-order valence-corrected chi connectivity index (χ2v) is 6.51. The van der Waals surface area contributed by atoms with E-state index in [9.17, 15) is 8.78 Å². The fourth-order valence-corrected chi connectivity index (χ4v) is 3.09. The van der Waals surface area contributed by atoms with Gasteiger partial charge in [0.15, 0.2) is 5.52 Å². The molecule has 1 aliphatic heterocycles. The molecule has 0 radical (unpaired) electrons. The third-order valence-electron chi connectivity index (χ3n) is 4.28. The summed E-state index contributed by atoms with van der Waals surface area (Å²) in [6, 6.07) is 1.81. The number of hydrogen-bond acceptors (Lipinski definition) is 6. The lowest BCUT2D eigenvalue weighted by atomic mass is 9.98. The van der Waals surface area contributed by atoms with Crippen molar-refractivity contribution in [1.29, 1.82) is 0 Å². The highest BCUT2D eigenvalue weighted by molar-refractivity contribution is 5.83. The average molecular weight is 360 g/mol. The Kier molecular flexibility index (Phi) is 4.23. The van der Waals surface area contributed by atoms with Crippen molar-refractivity contribution in [2.45, 2.75) is 12.3 Å². The molecule has 1 N–H and O–H groups in total. The largest absolute Gasteiger partial charge is 0.476 e. The summed E-state index contributed by atoms with van der Waals surface area (Å²) in [5.41, 5.74) is 2.60. The molecule has 0 bridgehead atoms. The van der Waals surface area contributed by atoms with Gasteiger partial charge in [0.25, 0.3) is 5.92 Å². The highest BCUT2D eigenvalue weighted by Gasteiger charge is 2.36. The standard InChI is InChI=1S/C17H18F2N6O/c1-25-8-12(7-23-25)13-4-14-15(22-3-2-21-14)16(24-13)26-9-11-5-17(18,19)10-20-6-11/h2-4,7-8,11,20H,5-6,9-10H2,1H3. The van der Waals surface area contributed by atoms with Crippen LogP contribution in [0.5, 0.6) is 5.88 Å². The van der Waals surface area contributed by atoms with Crippen molar-refractivity contribution in [2.75, 3.05) is 19.7 Å². The number of fused-ring (bicyclic) bond motifs is 1. The average Bonchev–Trinajstić information content (AvgIpc) is 3.05. The van der Waals surface area contributed by atoms with Crippen molar-refractivity contribution in [3.63, 3.8) is 0 Å². The first-order valence-corrected chi connectivity index (χ1v) is 8.32. The van der Waals surface area contributed by atoms with E-state index < -0.39 is 5.92 Å². The maximum Gasteiger partial charge on any atom is 0.260 e. The third-order valence-corrected chi connectivity index (χ3v) is 4.28. The molecular weight excluding hydrogens is 342 g/mol. The Balaban J connectivity index is 1.63. The zero-order valence-corrected chi connectivity index (χ0v) is 14.2. The summed E-state index contributed by atoms with van der Waals surface area (Å²) < 4.78 is 34.6. The van der Waals surface area contributed by atoms with Crippen LogP contribution in [-0.4, -0.2) is 50.4 Å². The summed E-state index contributed by atoms with van der Waals surface area (Å²) in [5.74, 6) is -2.71. The van der Waals surface area contributed by atoms with Gasteiger partial charge in [-0.05, 0) is 6.07 Å². The number of hydrogen-bond donors (Lipinski definition) is 1. The maximum atomic E-state index is 13.6. The first-order valence-electron chi connectivity index (χ1n) is 8.32. The number of pyridine rings is 1. The smallest absolute Gasteiger partial charge is 0.260 e. The summed E-state index contributed by atoms with van der Waals surface area (Å²) in [4.78, 5) is 13.1. The third kappa shape index (κ3) is 3.48. The van der Waals surface area contributed by atoms with Gasteiger partial charge in [0, 0.05) is 50.1 Å². The van der Waals surface area contributed by atoms with Crippen molar-refractivity contribution < 1.29 is 13.5 Å². The van der Waals surface area contributed by atoms with Gasteiger partial charge in [-0.25, -0.2) is 18.7 Å². The Bertz CT molecular complexity index is 929. The van der Waals surface area contributed by atoms with Crippen LogP contribution in [0.2, 0.25) is 0 Å². The van der Waals surface area contributed by atoms with Gasteiger partial charge in [-0.3, -0.25) is 9.67 Å². The molecule has 3 aromatic heterocycles. The fourth-order valence-electron chi connectivity index (χ4n) is 3.09. The second kappa shape index (κ2) is 6.56. The van der Waals surface area contributed by atoms with E-state index >= 15 is 0 Å². The fraction of sp³-hybridized carbons (Fsp3) is 0.412. The summed E-state index contributed by atoms with van der Waals surface area (Å²) in [7, 11) is 1.82. The van der Waals surface area contributed by atoms with Gasteiger partial charge >= 0.3 is 0 Å². The van der Waals surface area contributed by atoms with Crippen LogP contribution >= 0.6 is 0 Å². The summed E-state index contributed by atoms with van der Waals surface area (Å²) in [5, 5.41) is 6.90. The van der Waals surface area contributed by atoms with E-state index in [-0.39, 0.29) is 25.5 Å². The summed E-state index contributed by atoms with van der Waals surface area (Å²) in [6.07, 6.45) is 6.47. The van der Waals surface area contributed by atoms with Crippen LogP contribution in [-0.2, 0) is 7.05 Å². The Morgan fingerprint density at radius 1 is 1.35 bits per heavy atom.